The minimum Gasteiger partial charge on any atom is -0.0656 e. The number of hydrogen-bond donors (Lipinski definition) is 0. The van der Waals surface area contributed by atoms with Crippen molar-refractivity contribution in [2.45, 2.75) is 20.3 Å². The molecule has 0 unspecified atom stereocenters. The van der Waals surface area contributed by atoms with Gasteiger partial charge in [0.15, 0.2) is 0 Å². The molecule has 0 heteroatoms. The molecule has 0 heterocycles. The van der Waals surface area contributed by atoms with Gasteiger partial charge in [-0.05, 0) is 11.1 Å². The minimum atomic E-state index is 0.548. The van der Waals surface area contributed by atoms with Crippen molar-refractivity contribution in [2.24, 2.45) is 0 Å². The lowest BCUT2D eigenvalue weighted by Crippen LogP contribution is -1.70. The van der Waals surface area contributed by atoms with Crippen LogP contribution in [0.3, 0.4) is 0 Å². The quantitative estimate of drug-likeness (QED) is 0.610. The molecule has 0 saturated heterocycles. The predicted molar refractivity (Wildman–Crippen MR) is 77.8 cm³/mol. The molecule has 88 valence electrons. The zero-order valence-corrected chi connectivity index (χ0v) is 10.6. The van der Waals surface area contributed by atoms with Crippen molar-refractivity contribution in [1.82, 2.24) is 0 Å². The minimum absolute atomic E-state index is 0.548. The highest BCUT2D eigenvalue weighted by atomic mass is 13.9. The second kappa shape index (κ2) is 8.35. The molecule has 0 aromatic heterocycles. The topological polar surface area (TPSA) is 0 Å². The summed E-state index contributed by atoms with van der Waals surface area (Å²) in [5, 5.41) is 0. The SMILES string of the molecule is CCC.[2H]c1ccc(C=Cc2ccccc2)cc1. The highest BCUT2D eigenvalue weighted by molar-refractivity contribution is 5.69. The summed E-state index contributed by atoms with van der Waals surface area (Å²) in [5.41, 5.74) is 2.31. The van der Waals surface area contributed by atoms with Crippen LogP contribution >= 0.6 is 0 Å². The summed E-state index contributed by atoms with van der Waals surface area (Å²) < 4.78 is 7.36. The van der Waals surface area contributed by atoms with E-state index in [0.717, 1.165) is 5.56 Å². The molecule has 0 saturated carbocycles. The third-order valence-electron chi connectivity index (χ3n) is 2.01. The summed E-state index contributed by atoms with van der Waals surface area (Å²) in [6.45, 7) is 4.25. The van der Waals surface area contributed by atoms with Gasteiger partial charge in [0.2, 0.25) is 0 Å². The Labute approximate surface area is 106 Å². The number of benzene rings is 2. The lowest BCUT2D eigenvalue weighted by atomic mass is 10.1. The molecule has 0 fully saturated rings. The summed E-state index contributed by atoms with van der Waals surface area (Å²) in [6.07, 6.45) is 5.37. The van der Waals surface area contributed by atoms with Crippen LogP contribution in [0.1, 0.15) is 32.8 Å². The van der Waals surface area contributed by atoms with E-state index < -0.39 is 0 Å². The molecule has 0 aliphatic rings. The summed E-state index contributed by atoms with van der Waals surface area (Å²) in [5.74, 6) is 0. The van der Waals surface area contributed by atoms with Gasteiger partial charge in [0.1, 0.15) is 0 Å². The smallest absolute Gasteiger partial charge is 0.0623 e. The van der Waals surface area contributed by atoms with Crippen molar-refractivity contribution in [1.29, 1.82) is 0 Å². The summed E-state index contributed by atoms with van der Waals surface area (Å²) in [6, 6.07) is 18.2. The normalized spacial score (nSPS) is 10.6. The zero-order valence-electron chi connectivity index (χ0n) is 11.6. The van der Waals surface area contributed by atoms with Crippen LogP contribution in [0.2, 0.25) is 0 Å². The average molecular weight is 225 g/mol. The molecule has 2 rings (SSSR count). The monoisotopic (exact) mass is 225 g/mol. The van der Waals surface area contributed by atoms with E-state index in [2.05, 4.69) is 38.1 Å². The van der Waals surface area contributed by atoms with Gasteiger partial charge in [-0.25, -0.2) is 0 Å². The van der Waals surface area contributed by atoms with E-state index in [9.17, 15) is 0 Å². The molecule has 0 aliphatic carbocycles. The Kier molecular flexibility index (Phi) is 5.72. The predicted octanol–water partition coefficient (Wildman–Crippen LogP) is 5.27. The molecule has 0 radical (unpaired) electrons. The standard InChI is InChI=1S/C14H12.C3H8/c1-3-7-13(8-4-1)11-12-14-9-5-2-6-10-14;1-3-2/h1-12H;3H2,1-2H3/i1D;. The van der Waals surface area contributed by atoms with Gasteiger partial charge in [-0.3, -0.25) is 0 Å². The van der Waals surface area contributed by atoms with Crippen molar-refractivity contribution in [3.05, 3.63) is 71.8 Å². The van der Waals surface area contributed by atoms with Crippen LogP contribution in [0.4, 0.5) is 0 Å². The largest absolute Gasteiger partial charge is 0.0656 e. The molecule has 0 bridgehead atoms. The van der Waals surface area contributed by atoms with E-state index in [0.29, 0.717) is 6.04 Å². The highest BCUT2D eigenvalue weighted by Gasteiger charge is 1.84. The van der Waals surface area contributed by atoms with E-state index in [1.807, 2.05) is 30.3 Å². The number of hydrogen-bond acceptors (Lipinski definition) is 0. The molecule has 2 aromatic carbocycles. The van der Waals surface area contributed by atoms with Gasteiger partial charge in [-0.15, -0.1) is 0 Å². The van der Waals surface area contributed by atoms with E-state index in [1.165, 1.54) is 12.0 Å². The maximum absolute atomic E-state index is 7.36. The van der Waals surface area contributed by atoms with Crippen LogP contribution < -0.4 is 0 Å². The Bertz CT molecular complexity index is 455. The van der Waals surface area contributed by atoms with Gasteiger partial charge in [0, 0.05) is 0 Å². The van der Waals surface area contributed by atoms with Gasteiger partial charge in [0.25, 0.3) is 0 Å². The molecule has 0 aliphatic heterocycles. The first kappa shape index (κ1) is 11.7. The van der Waals surface area contributed by atoms with E-state index in [-0.39, 0.29) is 0 Å². The van der Waals surface area contributed by atoms with Crippen molar-refractivity contribution in [2.75, 3.05) is 0 Å². The second-order valence-corrected chi connectivity index (χ2v) is 3.78. The van der Waals surface area contributed by atoms with Crippen molar-refractivity contribution >= 4 is 12.2 Å². The molecular weight excluding hydrogens is 204 g/mol. The van der Waals surface area contributed by atoms with Gasteiger partial charge >= 0.3 is 0 Å². The van der Waals surface area contributed by atoms with Gasteiger partial charge < -0.3 is 0 Å². The first-order valence-corrected chi connectivity index (χ1v) is 6.06. The highest BCUT2D eigenvalue weighted by Crippen LogP contribution is 2.06. The van der Waals surface area contributed by atoms with Crippen LogP contribution in [0, 0.1) is 0 Å². The molecular formula is C17H20. The Morgan fingerprint density at radius 2 is 1.24 bits per heavy atom. The Morgan fingerprint density at radius 3 is 1.71 bits per heavy atom. The van der Waals surface area contributed by atoms with Gasteiger partial charge in [-0.1, -0.05) is 93.1 Å². The fourth-order valence-electron chi connectivity index (χ4n) is 1.27. The van der Waals surface area contributed by atoms with E-state index in [1.54, 1.807) is 12.1 Å². The molecule has 0 atom stereocenters. The van der Waals surface area contributed by atoms with E-state index in [4.69, 9.17) is 1.37 Å². The molecule has 0 nitrogen and oxygen atoms in total. The summed E-state index contributed by atoms with van der Waals surface area (Å²) >= 11 is 0. The molecule has 17 heavy (non-hydrogen) atoms. The van der Waals surface area contributed by atoms with Crippen molar-refractivity contribution in [3.8, 4) is 0 Å². The molecule has 0 spiro atoms. The van der Waals surface area contributed by atoms with Gasteiger partial charge in [0.05, 0.1) is 1.37 Å². The zero-order chi connectivity index (χ0) is 13.2. The molecule has 0 N–H and O–H groups in total. The maximum atomic E-state index is 7.36. The fraction of sp³-hybridized carbons (Fsp3) is 0.176. The van der Waals surface area contributed by atoms with E-state index >= 15 is 0 Å². The fourth-order valence-corrected chi connectivity index (χ4v) is 1.27. The maximum Gasteiger partial charge on any atom is 0.0623 e. The van der Waals surface area contributed by atoms with Crippen LogP contribution in [0.25, 0.3) is 12.2 Å². The third kappa shape index (κ3) is 5.72. The Hall–Kier alpha value is -1.82. The Balaban J connectivity index is 0.000000492. The van der Waals surface area contributed by atoms with Crippen molar-refractivity contribution < 1.29 is 1.37 Å². The first-order valence-electron chi connectivity index (χ1n) is 6.56. The lowest BCUT2D eigenvalue weighted by Gasteiger charge is -1.92. The average Bonchev–Trinajstić information content (AvgIpc) is 2.40. The van der Waals surface area contributed by atoms with Crippen LogP contribution in [0.5, 0.6) is 0 Å². The van der Waals surface area contributed by atoms with Crippen molar-refractivity contribution in [3.63, 3.8) is 0 Å². The summed E-state index contributed by atoms with van der Waals surface area (Å²) in [7, 11) is 0. The van der Waals surface area contributed by atoms with Crippen LogP contribution in [-0.2, 0) is 0 Å². The first-order chi connectivity index (χ1) is 8.76. The molecule has 2 aromatic rings. The van der Waals surface area contributed by atoms with Gasteiger partial charge in [-0.2, -0.15) is 0 Å². The second-order valence-electron chi connectivity index (χ2n) is 3.78. The third-order valence-corrected chi connectivity index (χ3v) is 2.01. The Morgan fingerprint density at radius 1 is 0.824 bits per heavy atom. The summed E-state index contributed by atoms with van der Waals surface area (Å²) in [4.78, 5) is 0. The lowest BCUT2D eigenvalue weighted by molar-refractivity contribution is 1.09. The van der Waals surface area contributed by atoms with Crippen LogP contribution in [0.15, 0.2) is 60.6 Å². The van der Waals surface area contributed by atoms with Crippen LogP contribution in [-0.4, -0.2) is 0 Å². The number of rotatable bonds is 2. The molecule has 0 amide bonds.